The fraction of sp³-hybridized carbons (Fsp3) is 0.0952. The van der Waals surface area contributed by atoms with Crippen molar-refractivity contribution in [2.45, 2.75) is 5.92 Å². The van der Waals surface area contributed by atoms with Gasteiger partial charge in [-0.05, 0) is 11.6 Å². The normalized spacial score (nSPS) is 16.6. The molecule has 5 rings (SSSR count). The van der Waals surface area contributed by atoms with Crippen LogP contribution >= 0.6 is 0 Å². The molecular weight excluding hydrogens is 388 g/mol. The summed E-state index contributed by atoms with van der Waals surface area (Å²) >= 11 is 0. The van der Waals surface area contributed by atoms with E-state index < -0.39 is 22.1 Å². The van der Waals surface area contributed by atoms with Crippen molar-refractivity contribution in [1.29, 1.82) is 0 Å². The standard InChI is InChI=1S/C21H14N4O5/c1-24-19-16(20(27)23-21(24)28)14(10-6-8-11(9-7-10)25(29)30)15-17(22-19)12-4-2-3-5-13(12)18(15)26/h2-9,14,26H,1H3,(H,23,27,28)/p+1. The Morgan fingerprint density at radius 1 is 1.10 bits per heavy atom. The molecule has 0 radical (unpaired) electrons. The number of nitro groups is 1. The van der Waals surface area contributed by atoms with Crippen molar-refractivity contribution in [3.63, 3.8) is 0 Å². The van der Waals surface area contributed by atoms with Crippen molar-refractivity contribution in [2.24, 2.45) is 7.05 Å². The zero-order valence-electron chi connectivity index (χ0n) is 15.7. The quantitative estimate of drug-likeness (QED) is 0.426. The molecule has 1 atom stereocenters. The van der Waals surface area contributed by atoms with Gasteiger partial charge >= 0.3 is 5.69 Å². The van der Waals surface area contributed by atoms with Crippen molar-refractivity contribution in [3.8, 4) is 0 Å². The number of non-ortho nitro benzene ring substituents is 1. The predicted molar refractivity (Wildman–Crippen MR) is 108 cm³/mol. The van der Waals surface area contributed by atoms with Crippen LogP contribution in [0, 0.1) is 10.1 Å². The van der Waals surface area contributed by atoms with E-state index in [4.69, 9.17) is 0 Å². The number of aliphatic hydroxyl groups excluding tert-OH is 1. The maximum atomic E-state index is 12.8. The van der Waals surface area contributed by atoms with Crippen LogP contribution in [0.25, 0.3) is 5.76 Å². The molecule has 0 amide bonds. The Morgan fingerprint density at radius 2 is 1.77 bits per heavy atom. The molecule has 0 fully saturated rings. The van der Waals surface area contributed by atoms with Gasteiger partial charge in [-0.2, -0.15) is 4.57 Å². The van der Waals surface area contributed by atoms with Gasteiger partial charge in [-0.25, -0.2) is 9.79 Å². The van der Waals surface area contributed by atoms with Crippen LogP contribution in [0.3, 0.4) is 0 Å². The van der Waals surface area contributed by atoms with Crippen LogP contribution in [0.2, 0.25) is 0 Å². The Kier molecular flexibility index (Phi) is 3.63. The lowest BCUT2D eigenvalue weighted by atomic mass is 9.81. The average Bonchev–Trinajstić information content (AvgIpc) is 3.03. The molecule has 3 N–H and O–H groups in total. The molecule has 1 aliphatic heterocycles. The molecule has 0 spiro atoms. The molecule has 0 bridgehead atoms. The fourth-order valence-corrected chi connectivity index (χ4v) is 4.17. The maximum Gasteiger partial charge on any atom is 0.415 e. The number of benzene rings is 2. The summed E-state index contributed by atoms with van der Waals surface area (Å²) in [7, 11) is 1.53. The molecule has 0 saturated heterocycles. The molecule has 1 aromatic heterocycles. The number of rotatable bonds is 2. The lowest BCUT2D eigenvalue weighted by Gasteiger charge is -2.23. The van der Waals surface area contributed by atoms with E-state index in [0.29, 0.717) is 28.2 Å². The van der Waals surface area contributed by atoms with E-state index in [1.54, 1.807) is 24.3 Å². The highest BCUT2D eigenvalue weighted by molar-refractivity contribution is 6.21. The van der Waals surface area contributed by atoms with Gasteiger partial charge in [0.1, 0.15) is 17.0 Å². The first-order valence-electron chi connectivity index (χ1n) is 9.13. The largest absolute Gasteiger partial charge is 0.507 e. The number of H-pyrrole nitrogens is 1. The van der Waals surface area contributed by atoms with Gasteiger partial charge in [0.2, 0.25) is 0 Å². The molecule has 2 heterocycles. The number of nitro benzene ring substituents is 1. The van der Waals surface area contributed by atoms with Crippen molar-refractivity contribution < 1.29 is 15.0 Å². The minimum absolute atomic E-state index is 0.0235. The lowest BCUT2D eigenvalue weighted by molar-refractivity contribution is -0.384. The Hall–Kier alpha value is -4.27. The van der Waals surface area contributed by atoms with E-state index in [9.17, 15) is 24.8 Å². The molecular formula is C21H15N4O5+. The molecule has 1 unspecified atom stereocenters. The highest BCUT2D eigenvalue weighted by atomic mass is 16.6. The lowest BCUT2D eigenvalue weighted by Crippen LogP contribution is -2.72. The molecule has 9 heteroatoms. The van der Waals surface area contributed by atoms with Crippen molar-refractivity contribution in [3.05, 3.63) is 107 Å². The van der Waals surface area contributed by atoms with E-state index in [1.165, 1.54) is 23.7 Å². The topological polar surface area (TPSA) is 132 Å². The average molecular weight is 403 g/mol. The predicted octanol–water partition coefficient (Wildman–Crippen LogP) is 0.611. The first-order chi connectivity index (χ1) is 14.4. The maximum absolute atomic E-state index is 12.8. The Morgan fingerprint density at radius 3 is 2.43 bits per heavy atom. The summed E-state index contributed by atoms with van der Waals surface area (Å²) in [6, 6.07) is 13.1. The summed E-state index contributed by atoms with van der Waals surface area (Å²) in [5.74, 6) is -0.384. The Bertz CT molecular complexity index is 1430. The zero-order valence-corrected chi connectivity index (χ0v) is 15.7. The smallest absolute Gasteiger partial charge is 0.415 e. The Balaban J connectivity index is 1.86. The van der Waals surface area contributed by atoms with Gasteiger partial charge in [-0.1, -0.05) is 30.3 Å². The molecule has 2 aliphatic rings. The number of hydrogen-bond donors (Lipinski definition) is 3. The number of nitrogens with zero attached hydrogens (tertiary/aromatic N) is 2. The minimum atomic E-state index is -0.722. The van der Waals surface area contributed by atoms with Crippen LogP contribution in [0.1, 0.15) is 28.2 Å². The van der Waals surface area contributed by atoms with Crippen LogP contribution in [0.15, 0.2) is 63.7 Å². The second-order valence-electron chi connectivity index (χ2n) is 7.17. The molecule has 1 aliphatic carbocycles. The number of hydrogen-bond acceptors (Lipinski definition) is 5. The van der Waals surface area contributed by atoms with E-state index in [1.807, 2.05) is 12.1 Å². The van der Waals surface area contributed by atoms with Crippen molar-refractivity contribution in [1.82, 2.24) is 9.55 Å². The number of nitrogens with one attached hydrogen (secondary N) is 2. The SMILES string of the molecule is Cn1c2c(c(=O)[nH]c1=O)C(c1ccc([N+](=O)[O-])cc1)C1=C(O)c3ccccc3C1=[NH+]2. The van der Waals surface area contributed by atoms with Crippen LogP contribution in [-0.2, 0) is 7.05 Å². The Labute approximate surface area is 168 Å². The van der Waals surface area contributed by atoms with Gasteiger partial charge in [-0.3, -0.25) is 19.9 Å². The summed E-state index contributed by atoms with van der Waals surface area (Å²) in [6.07, 6.45) is 0. The van der Waals surface area contributed by atoms with Gasteiger partial charge < -0.3 is 5.11 Å². The van der Waals surface area contributed by atoms with Gasteiger partial charge in [0.05, 0.1) is 23.5 Å². The summed E-state index contributed by atoms with van der Waals surface area (Å²) in [5, 5.41) is 22.1. The van der Waals surface area contributed by atoms with Crippen molar-refractivity contribution in [2.75, 3.05) is 0 Å². The second kappa shape index (κ2) is 6.11. The molecule has 2 aromatic carbocycles. The monoisotopic (exact) mass is 403 g/mol. The van der Waals surface area contributed by atoms with Crippen LogP contribution in [0.4, 0.5) is 11.5 Å². The van der Waals surface area contributed by atoms with E-state index in [0.717, 1.165) is 5.56 Å². The number of fused-ring (bicyclic) bond motifs is 4. The van der Waals surface area contributed by atoms with Gasteiger partial charge in [0.15, 0.2) is 0 Å². The number of aromatic nitrogens is 2. The van der Waals surface area contributed by atoms with Crippen LogP contribution < -0.4 is 16.2 Å². The summed E-state index contributed by atoms with van der Waals surface area (Å²) in [6.45, 7) is 0. The van der Waals surface area contributed by atoms with E-state index in [2.05, 4.69) is 9.98 Å². The van der Waals surface area contributed by atoms with E-state index >= 15 is 0 Å². The minimum Gasteiger partial charge on any atom is -0.507 e. The third-order valence-corrected chi connectivity index (χ3v) is 5.59. The van der Waals surface area contributed by atoms with Crippen molar-refractivity contribution >= 4 is 23.0 Å². The third-order valence-electron chi connectivity index (χ3n) is 5.59. The number of allylic oxidation sites excluding steroid dienone is 1. The third kappa shape index (κ3) is 2.32. The highest BCUT2D eigenvalue weighted by Gasteiger charge is 2.43. The molecule has 3 aromatic rings. The summed E-state index contributed by atoms with van der Waals surface area (Å²) in [5.41, 5.74) is 2.03. The number of aromatic amines is 1. The molecule has 0 saturated carbocycles. The van der Waals surface area contributed by atoms with Gasteiger partial charge in [0.25, 0.3) is 17.1 Å². The van der Waals surface area contributed by atoms with Crippen LogP contribution in [-0.4, -0.2) is 25.3 Å². The van der Waals surface area contributed by atoms with Gasteiger partial charge in [-0.15, -0.1) is 0 Å². The van der Waals surface area contributed by atoms with E-state index in [-0.39, 0.29) is 17.0 Å². The fourth-order valence-electron chi connectivity index (χ4n) is 4.17. The first-order valence-corrected chi connectivity index (χ1v) is 9.13. The first kappa shape index (κ1) is 17.8. The second-order valence-corrected chi connectivity index (χ2v) is 7.17. The summed E-state index contributed by atoms with van der Waals surface area (Å²) < 4.78 is 1.30. The molecule has 148 valence electrons. The highest BCUT2D eigenvalue weighted by Crippen LogP contribution is 2.43. The van der Waals surface area contributed by atoms with Gasteiger partial charge in [0, 0.05) is 23.3 Å². The zero-order chi connectivity index (χ0) is 21.2. The molecule has 9 nitrogen and oxygen atoms in total. The molecule has 30 heavy (non-hydrogen) atoms. The van der Waals surface area contributed by atoms with Crippen LogP contribution in [0.5, 0.6) is 0 Å². The number of aliphatic hydroxyl groups is 1. The summed E-state index contributed by atoms with van der Waals surface area (Å²) in [4.78, 5) is 41.0.